The van der Waals surface area contributed by atoms with Gasteiger partial charge in [-0.15, -0.1) is 11.3 Å². The summed E-state index contributed by atoms with van der Waals surface area (Å²) in [5.41, 5.74) is 2.87. The molecule has 0 bridgehead atoms. The number of aryl methyl sites for hydroxylation is 1. The van der Waals surface area contributed by atoms with Gasteiger partial charge in [-0.25, -0.2) is 4.98 Å². The molecule has 1 atom stereocenters. The molecule has 2 heterocycles. The predicted octanol–water partition coefficient (Wildman–Crippen LogP) is 2.98. The minimum Gasteiger partial charge on any atom is -0.339 e. The van der Waals surface area contributed by atoms with Crippen molar-refractivity contribution >= 4 is 17.6 Å². The fourth-order valence-electron chi connectivity index (χ4n) is 2.07. The molecule has 0 N–H and O–H groups in total. The number of aromatic nitrogens is 2. The average Bonchev–Trinajstić information content (AvgIpc) is 2.86. The summed E-state index contributed by atoms with van der Waals surface area (Å²) in [7, 11) is 0. The summed E-state index contributed by atoms with van der Waals surface area (Å²) in [6.45, 7) is 6.10. The monoisotopic (exact) mass is 234 g/mol. The van der Waals surface area contributed by atoms with Crippen LogP contribution in [0.5, 0.6) is 0 Å². The SMILES string of the molecule is Cc1cc(C=O)c(C)n1C(C)c1nccs1. The van der Waals surface area contributed by atoms with Gasteiger partial charge in [0.15, 0.2) is 6.29 Å². The Bertz CT molecular complexity index is 499. The van der Waals surface area contributed by atoms with Crippen LogP contribution in [0.4, 0.5) is 0 Å². The number of nitrogens with zero attached hydrogens (tertiary/aromatic N) is 2. The van der Waals surface area contributed by atoms with E-state index in [1.165, 1.54) is 0 Å². The molecule has 0 fully saturated rings. The van der Waals surface area contributed by atoms with Crippen molar-refractivity contribution in [1.82, 2.24) is 9.55 Å². The van der Waals surface area contributed by atoms with Gasteiger partial charge in [0.05, 0.1) is 6.04 Å². The van der Waals surface area contributed by atoms with Gasteiger partial charge in [0.2, 0.25) is 0 Å². The standard InChI is InChI=1S/C12H14N2OS/c1-8-6-11(7-15)9(2)14(8)10(3)12-13-4-5-16-12/h4-7,10H,1-3H3. The second kappa shape index (κ2) is 4.22. The minimum absolute atomic E-state index is 0.189. The Morgan fingerprint density at radius 1 is 1.50 bits per heavy atom. The first-order valence-electron chi connectivity index (χ1n) is 5.18. The number of aldehydes is 1. The van der Waals surface area contributed by atoms with E-state index in [2.05, 4.69) is 16.5 Å². The number of hydrogen-bond donors (Lipinski definition) is 0. The van der Waals surface area contributed by atoms with Crippen molar-refractivity contribution in [2.24, 2.45) is 0 Å². The van der Waals surface area contributed by atoms with Crippen molar-refractivity contribution in [2.75, 3.05) is 0 Å². The van der Waals surface area contributed by atoms with Crippen LogP contribution in [0.15, 0.2) is 17.6 Å². The van der Waals surface area contributed by atoms with Gasteiger partial charge in [-0.1, -0.05) is 0 Å². The van der Waals surface area contributed by atoms with Gasteiger partial charge in [-0.05, 0) is 26.8 Å². The number of rotatable bonds is 3. The van der Waals surface area contributed by atoms with Crippen molar-refractivity contribution in [3.05, 3.63) is 39.6 Å². The first-order chi connectivity index (χ1) is 7.65. The summed E-state index contributed by atoms with van der Waals surface area (Å²) in [5.74, 6) is 0. The summed E-state index contributed by atoms with van der Waals surface area (Å²) < 4.78 is 2.16. The van der Waals surface area contributed by atoms with Crippen LogP contribution in [-0.4, -0.2) is 15.8 Å². The Labute approximate surface area is 98.8 Å². The summed E-state index contributed by atoms with van der Waals surface area (Å²) >= 11 is 1.64. The molecule has 0 spiro atoms. The molecule has 0 aliphatic carbocycles. The third kappa shape index (κ3) is 1.69. The van der Waals surface area contributed by atoms with Gasteiger partial charge in [0.25, 0.3) is 0 Å². The molecule has 3 nitrogen and oxygen atoms in total. The normalized spacial score (nSPS) is 12.7. The van der Waals surface area contributed by atoms with E-state index in [0.717, 1.165) is 28.2 Å². The van der Waals surface area contributed by atoms with Crippen LogP contribution in [0.3, 0.4) is 0 Å². The molecule has 0 aromatic carbocycles. The molecule has 16 heavy (non-hydrogen) atoms. The molecule has 1 unspecified atom stereocenters. The van der Waals surface area contributed by atoms with Crippen LogP contribution >= 0.6 is 11.3 Å². The van der Waals surface area contributed by atoms with Gasteiger partial charge in [-0.2, -0.15) is 0 Å². The van der Waals surface area contributed by atoms with Gasteiger partial charge in [0, 0.05) is 28.5 Å². The summed E-state index contributed by atoms with van der Waals surface area (Å²) in [6.07, 6.45) is 2.72. The number of thiazole rings is 1. The Morgan fingerprint density at radius 2 is 2.25 bits per heavy atom. The molecule has 2 rings (SSSR count). The largest absolute Gasteiger partial charge is 0.339 e. The van der Waals surface area contributed by atoms with Gasteiger partial charge >= 0.3 is 0 Å². The van der Waals surface area contributed by atoms with Crippen molar-refractivity contribution in [1.29, 1.82) is 0 Å². The molecule has 2 aromatic rings. The lowest BCUT2D eigenvalue weighted by Crippen LogP contribution is -2.10. The summed E-state index contributed by atoms with van der Waals surface area (Å²) in [4.78, 5) is 15.2. The first-order valence-corrected chi connectivity index (χ1v) is 6.06. The highest BCUT2D eigenvalue weighted by atomic mass is 32.1. The lowest BCUT2D eigenvalue weighted by atomic mass is 10.2. The van der Waals surface area contributed by atoms with E-state index in [-0.39, 0.29) is 6.04 Å². The molecular formula is C12H14N2OS. The van der Waals surface area contributed by atoms with Gasteiger partial charge in [-0.3, -0.25) is 4.79 Å². The molecule has 0 amide bonds. The second-order valence-corrected chi connectivity index (χ2v) is 4.79. The minimum atomic E-state index is 0.189. The van der Waals surface area contributed by atoms with Crippen LogP contribution in [0.1, 0.15) is 39.7 Å². The van der Waals surface area contributed by atoms with Crippen molar-refractivity contribution in [2.45, 2.75) is 26.8 Å². The molecule has 2 aromatic heterocycles. The molecule has 84 valence electrons. The van der Waals surface area contributed by atoms with E-state index in [4.69, 9.17) is 0 Å². The van der Waals surface area contributed by atoms with E-state index in [0.29, 0.717) is 0 Å². The lowest BCUT2D eigenvalue weighted by molar-refractivity contribution is 0.112. The molecule has 0 saturated carbocycles. The molecule has 0 aliphatic rings. The maximum Gasteiger partial charge on any atom is 0.151 e. The van der Waals surface area contributed by atoms with E-state index in [9.17, 15) is 4.79 Å². The van der Waals surface area contributed by atoms with Crippen LogP contribution in [0.2, 0.25) is 0 Å². The number of hydrogen-bond acceptors (Lipinski definition) is 3. The van der Waals surface area contributed by atoms with Crippen LogP contribution < -0.4 is 0 Å². The van der Waals surface area contributed by atoms with Crippen molar-refractivity contribution < 1.29 is 4.79 Å². The summed E-state index contributed by atoms with van der Waals surface area (Å²) in [6, 6.07) is 2.11. The predicted molar refractivity (Wildman–Crippen MR) is 65.2 cm³/mol. The average molecular weight is 234 g/mol. The van der Waals surface area contributed by atoms with E-state index < -0.39 is 0 Å². The molecule has 0 saturated heterocycles. The molecule has 0 radical (unpaired) electrons. The Morgan fingerprint density at radius 3 is 2.75 bits per heavy atom. The fraction of sp³-hybridized carbons (Fsp3) is 0.333. The van der Waals surface area contributed by atoms with Gasteiger partial charge < -0.3 is 4.57 Å². The van der Waals surface area contributed by atoms with Crippen molar-refractivity contribution in [3.63, 3.8) is 0 Å². The molecule has 0 aliphatic heterocycles. The third-order valence-corrected chi connectivity index (χ3v) is 3.79. The van der Waals surface area contributed by atoms with Crippen LogP contribution in [-0.2, 0) is 0 Å². The smallest absolute Gasteiger partial charge is 0.151 e. The number of carbonyl (C=O) groups excluding carboxylic acids is 1. The van der Waals surface area contributed by atoms with Gasteiger partial charge in [0.1, 0.15) is 5.01 Å². The first kappa shape index (κ1) is 11.1. The van der Waals surface area contributed by atoms with Crippen molar-refractivity contribution in [3.8, 4) is 0 Å². The zero-order chi connectivity index (χ0) is 11.7. The lowest BCUT2D eigenvalue weighted by Gasteiger charge is -2.16. The maximum absolute atomic E-state index is 10.9. The Hall–Kier alpha value is -1.42. The van der Waals surface area contributed by atoms with E-state index in [1.807, 2.05) is 31.5 Å². The third-order valence-electron chi connectivity index (χ3n) is 2.85. The second-order valence-electron chi connectivity index (χ2n) is 3.86. The van der Waals surface area contributed by atoms with Crippen LogP contribution in [0, 0.1) is 13.8 Å². The highest BCUT2D eigenvalue weighted by molar-refractivity contribution is 7.09. The highest BCUT2D eigenvalue weighted by Gasteiger charge is 2.16. The Balaban J connectivity index is 2.48. The number of carbonyl (C=O) groups is 1. The van der Waals surface area contributed by atoms with E-state index in [1.54, 1.807) is 11.3 Å². The highest BCUT2D eigenvalue weighted by Crippen LogP contribution is 2.25. The maximum atomic E-state index is 10.9. The van der Waals surface area contributed by atoms with E-state index >= 15 is 0 Å². The quantitative estimate of drug-likeness (QED) is 0.765. The topological polar surface area (TPSA) is 34.9 Å². The molecular weight excluding hydrogens is 220 g/mol. The zero-order valence-corrected chi connectivity index (χ0v) is 10.4. The Kier molecular flexibility index (Phi) is 2.92. The van der Waals surface area contributed by atoms with Crippen LogP contribution in [0.25, 0.3) is 0 Å². The summed E-state index contributed by atoms with van der Waals surface area (Å²) in [5, 5.41) is 3.04. The zero-order valence-electron chi connectivity index (χ0n) is 9.60. The fourth-order valence-corrected chi connectivity index (χ4v) is 2.75. The molecule has 4 heteroatoms.